The maximum atomic E-state index is 12.2. The van der Waals surface area contributed by atoms with E-state index in [0.717, 1.165) is 14.8 Å². The number of aromatic nitrogens is 4. The third-order valence-corrected chi connectivity index (χ3v) is 5.97. The summed E-state index contributed by atoms with van der Waals surface area (Å²) in [6.45, 7) is 2.91. The molecule has 1 N–H and O–H groups in total. The van der Waals surface area contributed by atoms with E-state index in [-0.39, 0.29) is 12.3 Å². The zero-order chi connectivity index (χ0) is 19.6. The van der Waals surface area contributed by atoms with Gasteiger partial charge in [0.05, 0.1) is 32.9 Å². The zero-order valence-corrected chi connectivity index (χ0v) is 18.6. The first-order valence-electron chi connectivity index (χ1n) is 7.98. The minimum Gasteiger partial charge on any atom is -0.308 e. The van der Waals surface area contributed by atoms with Crippen LogP contribution in [0.2, 0.25) is 15.1 Å². The van der Waals surface area contributed by atoms with Gasteiger partial charge in [-0.15, -0.1) is 0 Å². The van der Waals surface area contributed by atoms with Crippen molar-refractivity contribution in [3.63, 3.8) is 0 Å². The lowest BCUT2D eigenvalue weighted by Gasteiger charge is -2.06. The molecule has 1 amide bonds. The van der Waals surface area contributed by atoms with E-state index in [1.165, 1.54) is 0 Å². The van der Waals surface area contributed by atoms with Gasteiger partial charge in [0.1, 0.15) is 5.02 Å². The summed E-state index contributed by atoms with van der Waals surface area (Å²) in [5.74, 6) is 0.148. The molecule has 142 valence electrons. The van der Waals surface area contributed by atoms with Crippen LogP contribution in [0.4, 0.5) is 5.82 Å². The highest BCUT2D eigenvalue weighted by molar-refractivity contribution is 14.1. The van der Waals surface area contributed by atoms with Crippen LogP contribution in [0.15, 0.2) is 30.6 Å². The maximum absolute atomic E-state index is 12.2. The van der Waals surface area contributed by atoms with Crippen molar-refractivity contribution in [3.8, 4) is 0 Å². The summed E-state index contributed by atoms with van der Waals surface area (Å²) < 4.78 is 4.50. The summed E-state index contributed by atoms with van der Waals surface area (Å²) in [4.78, 5) is 12.2. The first-order valence-corrected chi connectivity index (χ1v) is 10.2. The number of amides is 1. The fraction of sp³-hybridized carbons (Fsp3) is 0.235. The molecule has 0 bridgehead atoms. The molecule has 2 aromatic heterocycles. The average molecular weight is 539 g/mol. The Morgan fingerprint density at radius 2 is 2.00 bits per heavy atom. The number of halogens is 4. The summed E-state index contributed by atoms with van der Waals surface area (Å²) in [6, 6.07) is 5.35. The van der Waals surface area contributed by atoms with Crippen LogP contribution in [0.3, 0.4) is 0 Å². The molecule has 10 heteroatoms. The summed E-state index contributed by atoms with van der Waals surface area (Å²) in [6.07, 6.45) is 3.70. The molecular formula is C17H15Cl3IN5O. The number of hydrogen-bond donors (Lipinski definition) is 1. The Balaban J connectivity index is 1.61. The molecule has 1 aromatic carbocycles. The monoisotopic (exact) mass is 537 g/mol. The fourth-order valence-corrected chi connectivity index (χ4v) is 3.36. The van der Waals surface area contributed by atoms with E-state index >= 15 is 0 Å². The van der Waals surface area contributed by atoms with Gasteiger partial charge in [0.15, 0.2) is 5.82 Å². The van der Waals surface area contributed by atoms with Gasteiger partial charge in [0.2, 0.25) is 5.91 Å². The molecule has 3 aromatic rings. The predicted octanol–water partition coefficient (Wildman–Crippen LogP) is 5.03. The smallest absolute Gasteiger partial charge is 0.227 e. The first kappa shape index (κ1) is 20.4. The van der Waals surface area contributed by atoms with E-state index in [1.807, 2.05) is 13.0 Å². The molecule has 0 aliphatic heterocycles. The highest BCUT2D eigenvalue weighted by atomic mass is 127. The maximum Gasteiger partial charge on any atom is 0.227 e. The van der Waals surface area contributed by atoms with E-state index in [9.17, 15) is 4.79 Å². The molecule has 0 radical (unpaired) electrons. The molecule has 0 aliphatic carbocycles. The number of anilines is 1. The van der Waals surface area contributed by atoms with Crippen molar-refractivity contribution < 1.29 is 4.79 Å². The number of hydrogen-bond acceptors (Lipinski definition) is 3. The lowest BCUT2D eigenvalue weighted by molar-refractivity contribution is -0.116. The molecular weight excluding hydrogens is 523 g/mol. The van der Waals surface area contributed by atoms with E-state index < -0.39 is 0 Å². The van der Waals surface area contributed by atoms with E-state index in [4.69, 9.17) is 34.8 Å². The molecule has 3 rings (SSSR count). The van der Waals surface area contributed by atoms with Crippen LogP contribution in [0, 0.1) is 10.5 Å². The van der Waals surface area contributed by atoms with Crippen molar-refractivity contribution in [2.75, 3.05) is 5.32 Å². The van der Waals surface area contributed by atoms with Crippen LogP contribution in [0.1, 0.15) is 17.7 Å². The summed E-state index contributed by atoms with van der Waals surface area (Å²) >= 11 is 20.4. The highest BCUT2D eigenvalue weighted by Gasteiger charge is 2.12. The lowest BCUT2D eigenvalue weighted by atomic mass is 10.2. The highest BCUT2D eigenvalue weighted by Crippen LogP contribution is 2.24. The van der Waals surface area contributed by atoms with Crippen LogP contribution in [-0.2, 0) is 17.9 Å². The molecule has 0 aliphatic rings. The molecule has 6 nitrogen and oxygen atoms in total. The van der Waals surface area contributed by atoms with Gasteiger partial charge in [-0.05, 0) is 47.2 Å². The molecule has 0 saturated carbocycles. The third kappa shape index (κ3) is 5.16. The second kappa shape index (κ2) is 8.81. The van der Waals surface area contributed by atoms with Crippen LogP contribution in [0.25, 0.3) is 0 Å². The number of benzene rings is 1. The van der Waals surface area contributed by atoms with Crippen LogP contribution in [-0.4, -0.2) is 25.5 Å². The largest absolute Gasteiger partial charge is 0.308 e. The number of nitrogens with zero attached hydrogens (tertiary/aromatic N) is 4. The number of carbonyl (C=O) groups excluding carboxylic acids is 1. The summed E-state index contributed by atoms with van der Waals surface area (Å²) in [5.41, 5.74) is 1.96. The van der Waals surface area contributed by atoms with Crippen LogP contribution >= 0.6 is 57.4 Å². The van der Waals surface area contributed by atoms with Gasteiger partial charge < -0.3 is 5.32 Å². The molecule has 0 atom stereocenters. The fourth-order valence-electron chi connectivity index (χ4n) is 2.44. The minimum atomic E-state index is -0.179. The normalized spacial score (nSPS) is 11.0. The Morgan fingerprint density at radius 1 is 1.22 bits per heavy atom. The van der Waals surface area contributed by atoms with Crippen molar-refractivity contribution in [2.24, 2.45) is 0 Å². The van der Waals surface area contributed by atoms with E-state index in [2.05, 4.69) is 38.1 Å². The van der Waals surface area contributed by atoms with Gasteiger partial charge in [-0.25, -0.2) is 0 Å². The van der Waals surface area contributed by atoms with Crippen LogP contribution < -0.4 is 5.32 Å². The summed E-state index contributed by atoms with van der Waals surface area (Å²) in [5, 5.41) is 12.6. The Labute approximate surface area is 184 Å². The van der Waals surface area contributed by atoms with Gasteiger partial charge in [-0.1, -0.05) is 40.9 Å². The molecule has 0 fully saturated rings. The molecule has 2 heterocycles. The van der Waals surface area contributed by atoms with Gasteiger partial charge in [0.25, 0.3) is 0 Å². The number of aryl methyl sites for hydroxylation is 1. The van der Waals surface area contributed by atoms with Gasteiger partial charge in [-0.3, -0.25) is 14.2 Å². The van der Waals surface area contributed by atoms with Gasteiger partial charge >= 0.3 is 0 Å². The summed E-state index contributed by atoms with van der Waals surface area (Å²) in [7, 11) is 0. The Bertz CT molecular complexity index is 985. The second-order valence-corrected chi connectivity index (χ2v) is 8.25. The number of nitrogens with one attached hydrogen (secondary N) is 1. The SMILES string of the molecule is Cc1c(I)cnn1CCC(=O)Nc1nn(Cc2ccc(Cl)c(Cl)c2)cc1Cl. The molecule has 0 spiro atoms. The predicted molar refractivity (Wildman–Crippen MR) is 116 cm³/mol. The van der Waals surface area contributed by atoms with Gasteiger partial charge in [-0.2, -0.15) is 10.2 Å². The van der Waals surface area contributed by atoms with Crippen molar-refractivity contribution >= 4 is 69.1 Å². The topological polar surface area (TPSA) is 64.7 Å². The quantitative estimate of drug-likeness (QED) is 0.448. The molecule has 27 heavy (non-hydrogen) atoms. The van der Waals surface area contributed by atoms with Crippen LogP contribution in [0.5, 0.6) is 0 Å². The standard InChI is InChI=1S/C17H15Cl3IN5O/c1-10-15(21)7-22-26(10)5-4-16(27)23-17-14(20)9-25(24-17)8-11-2-3-12(18)13(19)6-11/h2-3,6-7,9H,4-5,8H2,1H3,(H,23,24,27). The van der Waals surface area contributed by atoms with Crippen molar-refractivity contribution in [1.29, 1.82) is 0 Å². The third-order valence-electron chi connectivity index (χ3n) is 3.90. The van der Waals surface area contributed by atoms with Crippen molar-refractivity contribution in [2.45, 2.75) is 26.4 Å². The molecule has 0 unspecified atom stereocenters. The minimum absolute atomic E-state index is 0.179. The Hall–Kier alpha value is -1.29. The van der Waals surface area contributed by atoms with Crippen molar-refractivity contribution in [3.05, 3.63) is 60.5 Å². The zero-order valence-electron chi connectivity index (χ0n) is 14.2. The number of carbonyl (C=O) groups is 1. The van der Waals surface area contributed by atoms with Crippen molar-refractivity contribution in [1.82, 2.24) is 19.6 Å². The van der Waals surface area contributed by atoms with E-state index in [1.54, 1.807) is 33.9 Å². The second-order valence-electron chi connectivity index (χ2n) is 5.87. The Morgan fingerprint density at radius 3 is 2.67 bits per heavy atom. The lowest BCUT2D eigenvalue weighted by Crippen LogP contribution is -2.16. The molecule has 0 saturated heterocycles. The Kier molecular flexibility index (Phi) is 6.67. The van der Waals surface area contributed by atoms with Gasteiger partial charge in [0, 0.05) is 18.3 Å². The first-order chi connectivity index (χ1) is 12.8. The average Bonchev–Trinajstić information content (AvgIpc) is 3.12. The number of rotatable bonds is 6. The van der Waals surface area contributed by atoms with E-state index in [0.29, 0.717) is 34.0 Å².